The van der Waals surface area contributed by atoms with Gasteiger partial charge < -0.3 is 29.4 Å². The van der Waals surface area contributed by atoms with Gasteiger partial charge >= 0.3 is 6.09 Å². The zero-order valence-corrected chi connectivity index (χ0v) is 15.1. The van der Waals surface area contributed by atoms with Crippen molar-refractivity contribution in [1.29, 1.82) is 0 Å². The van der Waals surface area contributed by atoms with Gasteiger partial charge in [-0.3, -0.25) is 0 Å². The Labute approximate surface area is 139 Å². The highest BCUT2D eigenvalue weighted by atomic mass is 16.7. The fourth-order valence-electron chi connectivity index (χ4n) is 1.98. The fourth-order valence-corrected chi connectivity index (χ4v) is 1.98. The topological polar surface area (TPSA) is 86.3 Å². The SMILES string of the molecule is CC[C@H](OCOCCOC)[C@H](CCCO)NC(=O)OC(C)(C)C. The minimum atomic E-state index is -0.558. The summed E-state index contributed by atoms with van der Waals surface area (Å²) in [5.74, 6) is 0. The van der Waals surface area contributed by atoms with Crippen LogP contribution >= 0.6 is 0 Å². The lowest BCUT2D eigenvalue weighted by Gasteiger charge is -2.29. The number of hydrogen-bond donors (Lipinski definition) is 2. The van der Waals surface area contributed by atoms with Crippen molar-refractivity contribution in [3.63, 3.8) is 0 Å². The normalized spacial score (nSPS) is 14.3. The summed E-state index contributed by atoms with van der Waals surface area (Å²) in [7, 11) is 1.61. The van der Waals surface area contributed by atoms with Gasteiger partial charge in [0.05, 0.1) is 25.4 Å². The first-order valence-electron chi connectivity index (χ1n) is 8.12. The van der Waals surface area contributed by atoms with E-state index in [4.69, 9.17) is 24.1 Å². The van der Waals surface area contributed by atoms with Crippen molar-refractivity contribution in [3.05, 3.63) is 0 Å². The molecule has 0 unspecified atom stereocenters. The van der Waals surface area contributed by atoms with Gasteiger partial charge in [-0.15, -0.1) is 0 Å². The summed E-state index contributed by atoms with van der Waals surface area (Å²) in [5.41, 5.74) is -0.558. The number of aliphatic hydroxyl groups excluding tert-OH is 1. The van der Waals surface area contributed by atoms with E-state index in [2.05, 4.69) is 5.32 Å². The largest absolute Gasteiger partial charge is 0.444 e. The standard InChI is InChI=1S/C16H33NO6/c1-6-14(22-12-21-11-10-20-5)13(8-7-9-18)17-15(19)23-16(2,3)4/h13-14,18H,6-12H2,1-5H3,(H,17,19)/t13-,14-/m0/s1. The van der Waals surface area contributed by atoms with E-state index in [0.717, 1.165) is 0 Å². The Morgan fingerprint density at radius 1 is 1.26 bits per heavy atom. The predicted octanol–water partition coefficient (Wildman–Crippen LogP) is 2.07. The van der Waals surface area contributed by atoms with Gasteiger partial charge in [-0.25, -0.2) is 4.79 Å². The van der Waals surface area contributed by atoms with Crippen molar-refractivity contribution in [3.8, 4) is 0 Å². The molecule has 23 heavy (non-hydrogen) atoms. The molecule has 0 heterocycles. The van der Waals surface area contributed by atoms with Gasteiger partial charge in [-0.2, -0.15) is 0 Å². The average Bonchev–Trinajstić information content (AvgIpc) is 2.45. The first kappa shape index (κ1) is 22.1. The summed E-state index contributed by atoms with van der Waals surface area (Å²) in [6.45, 7) is 8.56. The molecule has 0 aliphatic heterocycles. The summed E-state index contributed by atoms with van der Waals surface area (Å²) in [6, 6.07) is -0.243. The Bertz CT molecular complexity index is 305. The van der Waals surface area contributed by atoms with Gasteiger partial charge in [-0.1, -0.05) is 6.92 Å². The van der Waals surface area contributed by atoms with E-state index in [1.54, 1.807) is 7.11 Å². The molecule has 0 bridgehead atoms. The molecule has 1 amide bonds. The number of hydrogen-bond acceptors (Lipinski definition) is 6. The summed E-state index contributed by atoms with van der Waals surface area (Å²) in [6.07, 6.45) is 1.19. The Morgan fingerprint density at radius 3 is 2.48 bits per heavy atom. The molecular formula is C16H33NO6. The molecule has 0 aromatic heterocycles. The second-order valence-electron chi connectivity index (χ2n) is 6.25. The predicted molar refractivity (Wildman–Crippen MR) is 87.3 cm³/mol. The van der Waals surface area contributed by atoms with Crippen molar-refractivity contribution in [2.45, 2.75) is 64.7 Å². The van der Waals surface area contributed by atoms with Crippen LogP contribution < -0.4 is 5.32 Å². The first-order chi connectivity index (χ1) is 10.8. The van der Waals surface area contributed by atoms with Crippen molar-refractivity contribution < 1.29 is 28.8 Å². The number of nitrogens with one attached hydrogen (secondary N) is 1. The van der Waals surface area contributed by atoms with Crippen LogP contribution in [0.15, 0.2) is 0 Å². The molecule has 0 aliphatic carbocycles. The molecule has 0 aromatic rings. The molecule has 0 saturated heterocycles. The van der Waals surface area contributed by atoms with Crippen molar-refractivity contribution in [2.75, 3.05) is 33.7 Å². The van der Waals surface area contributed by atoms with E-state index in [1.807, 2.05) is 27.7 Å². The molecule has 0 fully saturated rings. The minimum Gasteiger partial charge on any atom is -0.444 e. The smallest absolute Gasteiger partial charge is 0.407 e. The molecule has 0 rings (SSSR count). The lowest BCUT2D eigenvalue weighted by Crippen LogP contribution is -2.46. The third-order valence-corrected chi connectivity index (χ3v) is 3.02. The number of amides is 1. The fraction of sp³-hybridized carbons (Fsp3) is 0.938. The third kappa shape index (κ3) is 12.2. The Kier molecular flexibility index (Phi) is 12.0. The van der Waals surface area contributed by atoms with E-state index in [-0.39, 0.29) is 25.5 Å². The number of ether oxygens (including phenoxy) is 4. The highest BCUT2D eigenvalue weighted by Gasteiger charge is 2.25. The third-order valence-electron chi connectivity index (χ3n) is 3.02. The van der Waals surface area contributed by atoms with Crippen molar-refractivity contribution in [2.24, 2.45) is 0 Å². The van der Waals surface area contributed by atoms with Crippen LogP contribution in [-0.2, 0) is 18.9 Å². The number of methoxy groups -OCH3 is 1. The van der Waals surface area contributed by atoms with Crippen LogP contribution in [0.3, 0.4) is 0 Å². The molecule has 7 heteroatoms. The van der Waals surface area contributed by atoms with E-state index in [0.29, 0.717) is 32.5 Å². The van der Waals surface area contributed by atoms with Crippen LogP contribution in [0.2, 0.25) is 0 Å². The molecule has 0 spiro atoms. The van der Waals surface area contributed by atoms with E-state index in [1.165, 1.54) is 0 Å². The molecular weight excluding hydrogens is 302 g/mol. The minimum absolute atomic E-state index is 0.0628. The van der Waals surface area contributed by atoms with Crippen LogP contribution in [0.25, 0.3) is 0 Å². The number of carbonyl (C=O) groups is 1. The lowest BCUT2D eigenvalue weighted by molar-refractivity contribution is -0.108. The van der Waals surface area contributed by atoms with Crippen LogP contribution in [-0.4, -0.2) is 62.7 Å². The van der Waals surface area contributed by atoms with Crippen molar-refractivity contribution >= 4 is 6.09 Å². The van der Waals surface area contributed by atoms with Gasteiger partial charge in [0.15, 0.2) is 0 Å². The number of rotatable bonds is 12. The summed E-state index contributed by atoms with van der Waals surface area (Å²) in [5, 5.41) is 11.9. The first-order valence-corrected chi connectivity index (χ1v) is 8.12. The molecule has 2 N–H and O–H groups in total. The van der Waals surface area contributed by atoms with Crippen LogP contribution in [0.4, 0.5) is 4.79 Å². The van der Waals surface area contributed by atoms with Gasteiger partial charge in [0, 0.05) is 13.7 Å². The van der Waals surface area contributed by atoms with E-state index >= 15 is 0 Å². The maximum absolute atomic E-state index is 12.0. The van der Waals surface area contributed by atoms with Gasteiger partial charge in [0.2, 0.25) is 0 Å². The van der Waals surface area contributed by atoms with Crippen LogP contribution in [0, 0.1) is 0 Å². The van der Waals surface area contributed by atoms with Gasteiger partial charge in [0.1, 0.15) is 12.4 Å². The molecule has 0 aliphatic rings. The number of aliphatic hydroxyl groups is 1. The highest BCUT2D eigenvalue weighted by molar-refractivity contribution is 5.68. The maximum atomic E-state index is 12.0. The quantitative estimate of drug-likeness (QED) is 0.419. The summed E-state index contributed by atoms with van der Waals surface area (Å²) in [4.78, 5) is 12.0. The van der Waals surface area contributed by atoms with Gasteiger partial charge in [-0.05, 0) is 40.0 Å². The monoisotopic (exact) mass is 335 g/mol. The summed E-state index contributed by atoms with van der Waals surface area (Å²) < 4.78 is 21.2. The van der Waals surface area contributed by atoms with Crippen LogP contribution in [0.5, 0.6) is 0 Å². The van der Waals surface area contributed by atoms with Crippen molar-refractivity contribution in [1.82, 2.24) is 5.32 Å². The highest BCUT2D eigenvalue weighted by Crippen LogP contribution is 2.13. The lowest BCUT2D eigenvalue weighted by atomic mass is 10.0. The number of alkyl carbamates (subject to hydrolysis) is 1. The Hall–Kier alpha value is -0.890. The molecule has 7 nitrogen and oxygen atoms in total. The maximum Gasteiger partial charge on any atom is 0.407 e. The molecule has 0 saturated carbocycles. The molecule has 0 aromatic carbocycles. The summed E-state index contributed by atoms with van der Waals surface area (Å²) >= 11 is 0. The zero-order chi connectivity index (χ0) is 17.7. The molecule has 0 radical (unpaired) electrons. The Balaban J connectivity index is 4.47. The van der Waals surface area contributed by atoms with Gasteiger partial charge in [0.25, 0.3) is 0 Å². The molecule has 2 atom stereocenters. The molecule has 138 valence electrons. The van der Waals surface area contributed by atoms with Crippen LogP contribution in [0.1, 0.15) is 47.0 Å². The number of carbonyl (C=O) groups excluding carboxylic acids is 1. The second-order valence-corrected chi connectivity index (χ2v) is 6.25. The zero-order valence-electron chi connectivity index (χ0n) is 15.1. The average molecular weight is 335 g/mol. The van der Waals surface area contributed by atoms with E-state index in [9.17, 15) is 4.79 Å². The second kappa shape index (κ2) is 12.5. The van der Waals surface area contributed by atoms with E-state index < -0.39 is 11.7 Å². The Morgan fingerprint density at radius 2 is 1.96 bits per heavy atom.